The molecule has 0 atom stereocenters. The van der Waals surface area contributed by atoms with Gasteiger partial charge in [0.25, 0.3) is 0 Å². The fraction of sp³-hybridized carbons (Fsp3) is 0.158. The molecule has 0 amide bonds. The van der Waals surface area contributed by atoms with Gasteiger partial charge < -0.3 is 4.74 Å². The normalized spacial score (nSPS) is 11.0. The van der Waals surface area contributed by atoms with Crippen LogP contribution < -0.4 is 10.2 Å². The number of hydrazone groups is 1. The van der Waals surface area contributed by atoms with E-state index in [-0.39, 0.29) is 0 Å². The molecule has 0 fully saturated rings. The van der Waals surface area contributed by atoms with Gasteiger partial charge in [0.1, 0.15) is 5.75 Å². The van der Waals surface area contributed by atoms with Crippen molar-refractivity contribution in [3.63, 3.8) is 0 Å². The maximum Gasteiger partial charge on any atom is 0.203 e. The van der Waals surface area contributed by atoms with Crippen LogP contribution in [0.4, 0.5) is 5.13 Å². The van der Waals surface area contributed by atoms with E-state index in [9.17, 15) is 0 Å². The van der Waals surface area contributed by atoms with Gasteiger partial charge in [0.05, 0.1) is 19.0 Å². The average molecular weight is 337 g/mol. The van der Waals surface area contributed by atoms with Crippen molar-refractivity contribution >= 4 is 22.7 Å². The van der Waals surface area contributed by atoms with E-state index in [1.807, 2.05) is 29.6 Å². The summed E-state index contributed by atoms with van der Waals surface area (Å²) in [6.07, 6.45) is 1.76. The summed E-state index contributed by atoms with van der Waals surface area (Å²) in [6.45, 7) is 4.20. The van der Waals surface area contributed by atoms with Crippen molar-refractivity contribution in [1.82, 2.24) is 4.98 Å². The Kier molecular flexibility index (Phi) is 4.91. The van der Waals surface area contributed by atoms with Crippen LogP contribution in [0.1, 0.15) is 16.7 Å². The van der Waals surface area contributed by atoms with E-state index in [1.165, 1.54) is 11.1 Å². The van der Waals surface area contributed by atoms with Gasteiger partial charge in [-0.05, 0) is 49.2 Å². The molecule has 0 aliphatic rings. The molecule has 0 bridgehead atoms. The van der Waals surface area contributed by atoms with Crippen molar-refractivity contribution in [2.75, 3.05) is 12.5 Å². The van der Waals surface area contributed by atoms with Crippen molar-refractivity contribution in [1.29, 1.82) is 0 Å². The Morgan fingerprint density at radius 2 is 1.92 bits per heavy atom. The number of hydrogen-bond donors (Lipinski definition) is 1. The third-order valence-corrected chi connectivity index (χ3v) is 4.40. The fourth-order valence-electron chi connectivity index (χ4n) is 2.40. The van der Waals surface area contributed by atoms with Crippen molar-refractivity contribution in [2.45, 2.75) is 13.8 Å². The third-order valence-electron chi connectivity index (χ3n) is 3.65. The molecule has 1 heterocycles. The Labute approximate surface area is 145 Å². The summed E-state index contributed by atoms with van der Waals surface area (Å²) in [4.78, 5) is 4.60. The van der Waals surface area contributed by atoms with Crippen LogP contribution in [0.2, 0.25) is 0 Å². The van der Waals surface area contributed by atoms with Crippen molar-refractivity contribution < 1.29 is 4.74 Å². The van der Waals surface area contributed by atoms with Gasteiger partial charge in [-0.1, -0.05) is 23.8 Å². The van der Waals surface area contributed by atoms with E-state index < -0.39 is 0 Å². The molecule has 24 heavy (non-hydrogen) atoms. The van der Waals surface area contributed by atoms with E-state index in [0.717, 1.165) is 27.7 Å². The topological polar surface area (TPSA) is 46.5 Å². The summed E-state index contributed by atoms with van der Waals surface area (Å²) in [5.74, 6) is 0.832. The van der Waals surface area contributed by atoms with E-state index in [4.69, 9.17) is 4.74 Å². The van der Waals surface area contributed by atoms with Gasteiger partial charge in [-0.15, -0.1) is 11.3 Å². The Hall–Kier alpha value is -2.66. The van der Waals surface area contributed by atoms with Gasteiger partial charge in [0.15, 0.2) is 0 Å². The Morgan fingerprint density at radius 1 is 1.12 bits per heavy atom. The molecule has 1 N–H and O–H groups in total. The largest absolute Gasteiger partial charge is 0.497 e. The first-order valence-corrected chi connectivity index (χ1v) is 8.50. The number of nitrogens with zero attached hydrogens (tertiary/aromatic N) is 2. The van der Waals surface area contributed by atoms with Crippen LogP contribution in [0.5, 0.6) is 5.75 Å². The molecule has 4 nitrogen and oxygen atoms in total. The van der Waals surface area contributed by atoms with Gasteiger partial charge in [-0.3, -0.25) is 5.43 Å². The Morgan fingerprint density at radius 3 is 2.62 bits per heavy atom. The first-order chi connectivity index (χ1) is 11.7. The minimum atomic E-state index is 0.773. The van der Waals surface area contributed by atoms with Gasteiger partial charge in [-0.25, -0.2) is 4.98 Å². The molecular formula is C19H19N3OS. The zero-order valence-electron chi connectivity index (χ0n) is 13.9. The number of methoxy groups -OCH3 is 1. The quantitative estimate of drug-likeness (QED) is 0.533. The summed E-state index contributed by atoms with van der Waals surface area (Å²) in [5.41, 5.74) is 8.60. The number of nitrogens with one attached hydrogen (secondary N) is 1. The van der Waals surface area contributed by atoms with Crippen LogP contribution in [-0.4, -0.2) is 18.3 Å². The highest BCUT2D eigenvalue weighted by atomic mass is 32.1. The number of rotatable bonds is 5. The van der Waals surface area contributed by atoms with Gasteiger partial charge in [-0.2, -0.15) is 5.10 Å². The average Bonchev–Trinajstić information content (AvgIpc) is 3.04. The lowest BCUT2D eigenvalue weighted by atomic mass is 10.0. The lowest BCUT2D eigenvalue weighted by Gasteiger charge is -2.03. The van der Waals surface area contributed by atoms with Gasteiger partial charge in [0, 0.05) is 10.9 Å². The maximum absolute atomic E-state index is 5.14. The van der Waals surface area contributed by atoms with Crippen LogP contribution in [0.3, 0.4) is 0 Å². The van der Waals surface area contributed by atoms with E-state index >= 15 is 0 Å². The summed E-state index contributed by atoms with van der Waals surface area (Å²) in [6, 6.07) is 14.1. The molecule has 0 aliphatic heterocycles. The monoisotopic (exact) mass is 337 g/mol. The summed E-state index contributed by atoms with van der Waals surface area (Å²) in [7, 11) is 1.65. The highest BCUT2D eigenvalue weighted by molar-refractivity contribution is 7.14. The van der Waals surface area contributed by atoms with Crippen molar-refractivity contribution in [3.8, 4) is 17.0 Å². The summed E-state index contributed by atoms with van der Waals surface area (Å²) < 4.78 is 5.14. The zero-order chi connectivity index (χ0) is 16.9. The van der Waals surface area contributed by atoms with E-state index in [0.29, 0.717) is 0 Å². The fourth-order valence-corrected chi connectivity index (χ4v) is 3.06. The lowest BCUT2D eigenvalue weighted by Crippen LogP contribution is -1.91. The summed E-state index contributed by atoms with van der Waals surface area (Å²) >= 11 is 1.54. The number of thiazole rings is 1. The molecule has 1 aromatic heterocycles. The first kappa shape index (κ1) is 16.2. The number of aryl methyl sites for hydroxylation is 2. The van der Waals surface area contributed by atoms with Crippen LogP contribution in [0, 0.1) is 13.8 Å². The van der Waals surface area contributed by atoms with Crippen LogP contribution >= 0.6 is 11.3 Å². The van der Waals surface area contributed by atoms with E-state index in [1.54, 1.807) is 24.7 Å². The molecule has 0 unspecified atom stereocenters. The van der Waals surface area contributed by atoms with Crippen LogP contribution in [-0.2, 0) is 0 Å². The SMILES string of the molecule is COc1ccc(/C=N/Nc2nc(-c3ccc(C)cc3C)cs2)cc1. The van der Waals surface area contributed by atoms with Gasteiger partial charge in [0.2, 0.25) is 5.13 Å². The summed E-state index contributed by atoms with van der Waals surface area (Å²) in [5, 5.41) is 7.06. The molecule has 3 aromatic rings. The predicted molar refractivity (Wildman–Crippen MR) is 101 cm³/mol. The standard InChI is InChI=1S/C19H19N3OS/c1-13-4-9-17(14(2)10-13)18-12-24-19(21-18)22-20-11-15-5-7-16(23-3)8-6-15/h4-12H,1-3H3,(H,21,22)/b20-11+. The molecule has 122 valence electrons. The predicted octanol–water partition coefficient (Wildman–Crippen LogP) is 4.88. The molecule has 3 rings (SSSR count). The number of ether oxygens (including phenoxy) is 1. The Balaban J connectivity index is 1.68. The zero-order valence-corrected chi connectivity index (χ0v) is 14.7. The molecule has 5 heteroatoms. The highest BCUT2D eigenvalue weighted by Gasteiger charge is 2.06. The van der Waals surface area contributed by atoms with Gasteiger partial charge >= 0.3 is 0 Å². The molecule has 2 aromatic carbocycles. The highest BCUT2D eigenvalue weighted by Crippen LogP contribution is 2.27. The second-order valence-electron chi connectivity index (χ2n) is 5.50. The lowest BCUT2D eigenvalue weighted by molar-refractivity contribution is 0.415. The molecule has 0 aliphatic carbocycles. The van der Waals surface area contributed by atoms with Crippen molar-refractivity contribution in [3.05, 3.63) is 64.5 Å². The van der Waals surface area contributed by atoms with Crippen molar-refractivity contribution in [2.24, 2.45) is 5.10 Å². The molecule has 0 saturated heterocycles. The van der Waals surface area contributed by atoms with Crippen LogP contribution in [0.25, 0.3) is 11.3 Å². The number of anilines is 1. The first-order valence-electron chi connectivity index (χ1n) is 7.62. The van der Waals surface area contributed by atoms with Crippen LogP contribution in [0.15, 0.2) is 52.9 Å². The molecule has 0 spiro atoms. The maximum atomic E-state index is 5.14. The second-order valence-corrected chi connectivity index (χ2v) is 6.36. The minimum absolute atomic E-state index is 0.773. The number of benzene rings is 2. The molecular weight excluding hydrogens is 318 g/mol. The second kappa shape index (κ2) is 7.27. The third kappa shape index (κ3) is 3.81. The molecule has 0 saturated carbocycles. The Bertz CT molecular complexity index is 853. The smallest absolute Gasteiger partial charge is 0.203 e. The minimum Gasteiger partial charge on any atom is -0.497 e. The molecule has 0 radical (unpaired) electrons. The number of hydrogen-bond acceptors (Lipinski definition) is 5. The van der Waals surface area contributed by atoms with E-state index in [2.05, 4.69) is 47.6 Å². The number of aromatic nitrogens is 1.